The topological polar surface area (TPSA) is 139 Å². The van der Waals surface area contributed by atoms with E-state index in [2.05, 4.69) is 39.0 Å². The molecule has 2 saturated heterocycles. The van der Waals surface area contributed by atoms with E-state index >= 15 is 0 Å². The molecule has 0 unspecified atom stereocenters. The Balaban J connectivity index is 0.000000259. The van der Waals surface area contributed by atoms with Gasteiger partial charge in [0.05, 0.1) is 11.7 Å². The number of carbonyl (C=O) groups is 1. The van der Waals surface area contributed by atoms with Crippen molar-refractivity contribution >= 4 is 35.1 Å². The summed E-state index contributed by atoms with van der Waals surface area (Å²) in [4.78, 5) is 24.0. The molecular formula is C38H48ClN7O3. The smallest absolute Gasteiger partial charge is 0.346 e. The van der Waals surface area contributed by atoms with Crippen LogP contribution in [0.25, 0.3) is 0 Å². The van der Waals surface area contributed by atoms with Crippen LogP contribution < -0.4 is 21.1 Å². The zero-order chi connectivity index (χ0) is 35.0. The molecule has 4 aromatic rings. The van der Waals surface area contributed by atoms with Crippen LogP contribution >= 0.6 is 11.6 Å². The van der Waals surface area contributed by atoms with Crippen molar-refractivity contribution in [1.82, 2.24) is 14.8 Å². The Morgan fingerprint density at radius 3 is 1.98 bits per heavy atom. The number of hydrogen-bond donors (Lipinski definition) is 3. The SMILES string of the molecule is CN(C)C(=O)C(CCN1CCC(O)(c2ccc(Cl)cc2)CC1)(c1ccccc1)c1ccccc1.Nc1cc(N2CCCCC2)nc(N)[n+]1[O-]. The molecule has 3 heterocycles. The minimum atomic E-state index is -0.837. The third-order valence-electron chi connectivity index (χ3n) is 9.80. The molecule has 1 aromatic heterocycles. The molecule has 11 heteroatoms. The lowest BCUT2D eigenvalue weighted by atomic mass is 9.70. The van der Waals surface area contributed by atoms with Crippen LogP contribution in [0, 0.1) is 5.21 Å². The number of halogens is 1. The average molecular weight is 686 g/mol. The summed E-state index contributed by atoms with van der Waals surface area (Å²) < 4.78 is 0.438. The van der Waals surface area contributed by atoms with Crippen LogP contribution in [0.4, 0.5) is 17.6 Å². The van der Waals surface area contributed by atoms with Gasteiger partial charge in [0, 0.05) is 45.3 Å². The van der Waals surface area contributed by atoms with Gasteiger partial charge >= 0.3 is 5.95 Å². The Hall–Kier alpha value is -4.38. The molecule has 5 N–H and O–H groups in total. The van der Waals surface area contributed by atoms with Crippen molar-refractivity contribution in [3.8, 4) is 0 Å². The van der Waals surface area contributed by atoms with E-state index in [1.165, 1.54) is 6.42 Å². The fraction of sp³-hybridized carbons (Fsp3) is 0.395. The monoisotopic (exact) mass is 685 g/mol. The first kappa shape index (κ1) is 35.9. The van der Waals surface area contributed by atoms with Gasteiger partial charge in [0.25, 0.3) is 0 Å². The molecule has 0 saturated carbocycles. The number of amides is 1. The molecule has 0 bridgehead atoms. The van der Waals surface area contributed by atoms with Crippen LogP contribution in [-0.2, 0) is 15.8 Å². The predicted molar refractivity (Wildman–Crippen MR) is 196 cm³/mol. The third kappa shape index (κ3) is 8.26. The highest BCUT2D eigenvalue weighted by Gasteiger charge is 2.43. The number of hydrogen-bond acceptors (Lipinski definition) is 8. The van der Waals surface area contributed by atoms with Crippen molar-refractivity contribution in [3.63, 3.8) is 0 Å². The number of rotatable bonds is 8. The third-order valence-corrected chi connectivity index (χ3v) is 10.1. The Bertz CT molecular complexity index is 1600. The molecule has 2 aliphatic heterocycles. The lowest BCUT2D eigenvalue weighted by Crippen LogP contribution is -2.48. The van der Waals surface area contributed by atoms with Crippen LogP contribution in [0.1, 0.15) is 55.2 Å². The summed E-state index contributed by atoms with van der Waals surface area (Å²) in [5.41, 5.74) is 12.3. The van der Waals surface area contributed by atoms with Gasteiger partial charge in [-0.25, -0.2) is 4.73 Å². The Morgan fingerprint density at radius 1 is 0.918 bits per heavy atom. The van der Waals surface area contributed by atoms with E-state index in [1.807, 2.05) is 74.8 Å². The number of benzene rings is 3. The summed E-state index contributed by atoms with van der Waals surface area (Å²) in [7, 11) is 3.66. The van der Waals surface area contributed by atoms with E-state index in [0.717, 1.165) is 62.3 Å². The molecule has 0 radical (unpaired) electrons. The minimum absolute atomic E-state index is 0.0829. The van der Waals surface area contributed by atoms with Gasteiger partial charge in [-0.3, -0.25) is 4.79 Å². The number of likely N-dealkylation sites (tertiary alicyclic amines) is 1. The lowest BCUT2D eigenvalue weighted by Gasteiger charge is -2.41. The molecule has 6 rings (SSSR count). The number of anilines is 3. The van der Waals surface area contributed by atoms with Crippen LogP contribution in [0.2, 0.25) is 5.02 Å². The summed E-state index contributed by atoms with van der Waals surface area (Å²) in [6.07, 6.45) is 5.51. The van der Waals surface area contributed by atoms with Crippen LogP contribution in [0.5, 0.6) is 0 Å². The second-order valence-electron chi connectivity index (χ2n) is 13.2. The number of piperidine rings is 2. The molecule has 0 aliphatic carbocycles. The van der Waals surface area contributed by atoms with Crippen molar-refractivity contribution in [2.24, 2.45) is 0 Å². The zero-order valence-electron chi connectivity index (χ0n) is 28.5. The highest BCUT2D eigenvalue weighted by Crippen LogP contribution is 2.39. The molecular weight excluding hydrogens is 638 g/mol. The van der Waals surface area contributed by atoms with Gasteiger partial charge in [-0.15, -0.1) is 0 Å². The number of aromatic nitrogens is 2. The maximum atomic E-state index is 13.8. The predicted octanol–water partition coefficient (Wildman–Crippen LogP) is 4.96. The van der Waals surface area contributed by atoms with E-state index in [9.17, 15) is 15.1 Å². The first-order valence-electron chi connectivity index (χ1n) is 17.0. The normalized spacial score (nSPS) is 16.4. The van der Waals surface area contributed by atoms with Gasteiger partial charge in [-0.1, -0.05) is 89.4 Å². The van der Waals surface area contributed by atoms with Crippen molar-refractivity contribution in [1.29, 1.82) is 0 Å². The van der Waals surface area contributed by atoms with Gasteiger partial charge in [0.15, 0.2) is 11.6 Å². The summed E-state index contributed by atoms with van der Waals surface area (Å²) in [6, 6.07) is 29.3. The molecule has 2 fully saturated rings. The highest BCUT2D eigenvalue weighted by atomic mass is 35.5. The molecule has 0 atom stereocenters. The van der Waals surface area contributed by atoms with E-state index in [1.54, 1.807) is 11.0 Å². The van der Waals surface area contributed by atoms with Crippen molar-refractivity contribution in [3.05, 3.63) is 118 Å². The zero-order valence-corrected chi connectivity index (χ0v) is 29.2. The average Bonchev–Trinajstić information content (AvgIpc) is 3.13. The number of nitrogens with zero attached hydrogens (tertiary/aromatic N) is 5. The molecule has 260 valence electrons. The quantitative estimate of drug-likeness (QED) is 0.175. The Kier molecular flexibility index (Phi) is 11.6. The molecule has 10 nitrogen and oxygen atoms in total. The molecule has 0 spiro atoms. The van der Waals surface area contributed by atoms with E-state index in [4.69, 9.17) is 23.1 Å². The maximum Gasteiger partial charge on any atom is 0.346 e. The molecule has 49 heavy (non-hydrogen) atoms. The standard InChI is InChI=1S/C29H33ClN2O2.C9H15N5O/c1-31(2)27(33)29(24-9-5-3-6-10-24,25-11-7-4-8-12-25)19-22-32-20-17-28(34,18-21-32)23-13-15-26(30)16-14-23;10-7-6-8(12-9(11)14(7)15)13-4-2-1-3-5-13/h3-16,34H,17-22H2,1-2H3;6H,1-5,10H2,(H2,11,12). The maximum absolute atomic E-state index is 13.8. The van der Waals surface area contributed by atoms with Gasteiger partial charge in [0.1, 0.15) is 5.41 Å². The number of carbonyl (C=O) groups excluding carboxylic acids is 1. The fourth-order valence-corrected chi connectivity index (χ4v) is 7.09. The summed E-state index contributed by atoms with van der Waals surface area (Å²) >= 11 is 6.03. The van der Waals surface area contributed by atoms with Gasteiger partial charge in [-0.2, -0.15) is 0 Å². The van der Waals surface area contributed by atoms with Gasteiger partial charge in [0.2, 0.25) is 5.91 Å². The number of likely N-dealkylation sites (N-methyl/N-ethyl adjacent to an activating group) is 1. The van der Waals surface area contributed by atoms with Crippen LogP contribution in [-0.4, -0.2) is 72.6 Å². The Labute approximate surface area is 294 Å². The van der Waals surface area contributed by atoms with E-state index in [0.29, 0.717) is 34.8 Å². The fourth-order valence-electron chi connectivity index (χ4n) is 6.96. The van der Waals surface area contributed by atoms with Crippen LogP contribution in [0.3, 0.4) is 0 Å². The molecule has 2 aliphatic rings. The number of nitrogen functional groups attached to an aromatic ring is 2. The van der Waals surface area contributed by atoms with E-state index < -0.39 is 11.0 Å². The molecule has 3 aromatic carbocycles. The number of aliphatic hydroxyl groups is 1. The summed E-state index contributed by atoms with van der Waals surface area (Å²) in [6.45, 7) is 4.22. The minimum Gasteiger partial charge on any atom is -0.754 e. The van der Waals surface area contributed by atoms with Gasteiger partial charge < -0.3 is 36.5 Å². The largest absolute Gasteiger partial charge is 0.754 e. The second kappa shape index (κ2) is 15.9. The number of nitrogens with two attached hydrogens (primary N) is 2. The first-order chi connectivity index (χ1) is 23.5. The van der Waals surface area contributed by atoms with Crippen molar-refractivity contribution in [2.45, 2.75) is 49.5 Å². The first-order valence-corrected chi connectivity index (χ1v) is 17.4. The second-order valence-corrected chi connectivity index (χ2v) is 13.6. The van der Waals surface area contributed by atoms with Crippen LogP contribution in [0.15, 0.2) is 91.0 Å². The van der Waals surface area contributed by atoms with Crippen molar-refractivity contribution in [2.75, 3.05) is 63.2 Å². The Morgan fingerprint density at radius 2 is 1.47 bits per heavy atom. The van der Waals surface area contributed by atoms with Gasteiger partial charge in [-0.05, 0) is 73.9 Å². The highest BCUT2D eigenvalue weighted by molar-refractivity contribution is 6.30. The molecule has 1 amide bonds. The van der Waals surface area contributed by atoms with E-state index in [-0.39, 0.29) is 17.7 Å². The summed E-state index contributed by atoms with van der Waals surface area (Å²) in [5.74, 6) is 0.801. The van der Waals surface area contributed by atoms with Crippen molar-refractivity contribution < 1.29 is 14.6 Å². The lowest BCUT2D eigenvalue weighted by molar-refractivity contribution is -0.576. The summed E-state index contributed by atoms with van der Waals surface area (Å²) in [5, 5.41) is 23.1.